The Bertz CT molecular complexity index is 978. The lowest BCUT2D eigenvalue weighted by Crippen LogP contribution is -2.62. The average Bonchev–Trinajstić information content (AvgIpc) is 3.19. The highest BCUT2D eigenvalue weighted by atomic mass is 32.2. The summed E-state index contributed by atoms with van der Waals surface area (Å²) >= 11 is 0. The van der Waals surface area contributed by atoms with Crippen molar-refractivity contribution in [1.82, 2.24) is 14.8 Å². The van der Waals surface area contributed by atoms with Gasteiger partial charge in [0.1, 0.15) is 5.69 Å². The van der Waals surface area contributed by atoms with Crippen molar-refractivity contribution in [2.75, 3.05) is 24.6 Å². The molecule has 144 valence electrons. The number of nitrogens with zero attached hydrogens (tertiary/aromatic N) is 2. The molecule has 0 unspecified atom stereocenters. The number of carbonyl (C=O) groups excluding carboxylic acids is 2. The van der Waals surface area contributed by atoms with Gasteiger partial charge in [0.2, 0.25) is 5.91 Å². The molecule has 0 aliphatic carbocycles. The summed E-state index contributed by atoms with van der Waals surface area (Å²) in [5.74, 6) is -0.641. The summed E-state index contributed by atoms with van der Waals surface area (Å²) < 4.78 is 24.6. The minimum Gasteiger partial charge on any atom is -0.351 e. The quantitative estimate of drug-likeness (QED) is 0.838. The van der Waals surface area contributed by atoms with Gasteiger partial charge in [0.25, 0.3) is 5.91 Å². The molecule has 0 bridgehead atoms. The Morgan fingerprint density at radius 2 is 1.70 bits per heavy atom. The van der Waals surface area contributed by atoms with Gasteiger partial charge in [-0.15, -0.1) is 0 Å². The molecule has 2 saturated heterocycles. The topological polar surface area (TPSA) is 90.6 Å². The Balaban J connectivity index is 1.65. The van der Waals surface area contributed by atoms with Gasteiger partial charge in [-0.25, -0.2) is 8.42 Å². The van der Waals surface area contributed by atoms with Crippen LogP contribution in [0.15, 0.2) is 30.3 Å². The van der Waals surface area contributed by atoms with E-state index in [0.29, 0.717) is 18.8 Å². The summed E-state index contributed by atoms with van der Waals surface area (Å²) in [6.45, 7) is 4.31. The normalized spacial score (nSPS) is 24.4. The molecule has 7 nitrogen and oxygen atoms in total. The van der Waals surface area contributed by atoms with E-state index in [-0.39, 0.29) is 29.2 Å². The van der Waals surface area contributed by atoms with Gasteiger partial charge in [0, 0.05) is 29.9 Å². The lowest BCUT2D eigenvalue weighted by atomic mass is 10.0. The van der Waals surface area contributed by atoms with Gasteiger partial charge in [-0.2, -0.15) is 0 Å². The number of piperazine rings is 1. The highest BCUT2D eigenvalue weighted by Gasteiger charge is 2.49. The third-order valence-corrected chi connectivity index (χ3v) is 7.17. The van der Waals surface area contributed by atoms with Crippen LogP contribution in [0.25, 0.3) is 10.9 Å². The van der Waals surface area contributed by atoms with Crippen molar-refractivity contribution >= 4 is 32.6 Å². The number of sulfone groups is 1. The number of amides is 2. The zero-order chi connectivity index (χ0) is 19.3. The maximum atomic E-state index is 13.1. The van der Waals surface area contributed by atoms with Gasteiger partial charge in [-0.1, -0.05) is 32.0 Å². The van der Waals surface area contributed by atoms with E-state index in [1.54, 1.807) is 15.9 Å². The predicted octanol–water partition coefficient (Wildman–Crippen LogP) is 1.27. The largest absolute Gasteiger partial charge is 0.351 e. The number of carbonyl (C=O) groups is 2. The average molecular weight is 389 g/mol. The zero-order valence-electron chi connectivity index (χ0n) is 15.4. The van der Waals surface area contributed by atoms with E-state index in [4.69, 9.17) is 0 Å². The number of para-hydroxylation sites is 1. The van der Waals surface area contributed by atoms with Crippen LogP contribution in [-0.2, 0) is 14.6 Å². The molecule has 2 aliphatic heterocycles. The molecular formula is C19H23N3O4S. The molecule has 3 heterocycles. The second-order valence-electron chi connectivity index (χ2n) is 7.67. The fraction of sp³-hybridized carbons (Fsp3) is 0.474. The van der Waals surface area contributed by atoms with Crippen LogP contribution in [0.5, 0.6) is 0 Å². The third-order valence-electron chi connectivity index (χ3n) is 5.47. The van der Waals surface area contributed by atoms with Crippen LogP contribution in [-0.4, -0.2) is 71.7 Å². The number of H-pyrrole nitrogens is 1. The Kier molecular flexibility index (Phi) is 4.25. The monoisotopic (exact) mass is 389 g/mol. The smallest absolute Gasteiger partial charge is 0.270 e. The Morgan fingerprint density at radius 1 is 1.07 bits per heavy atom. The van der Waals surface area contributed by atoms with Crippen LogP contribution >= 0.6 is 0 Å². The van der Waals surface area contributed by atoms with E-state index < -0.39 is 21.9 Å². The van der Waals surface area contributed by atoms with Gasteiger partial charge in [-0.05, 0) is 12.1 Å². The van der Waals surface area contributed by atoms with Crippen molar-refractivity contribution in [3.8, 4) is 0 Å². The highest BCUT2D eigenvalue weighted by Crippen LogP contribution is 2.29. The Labute approximate surface area is 158 Å². The fourth-order valence-electron chi connectivity index (χ4n) is 4.15. The van der Waals surface area contributed by atoms with E-state index >= 15 is 0 Å². The first-order chi connectivity index (χ1) is 12.8. The molecule has 2 amide bonds. The molecule has 4 rings (SSSR count). The van der Waals surface area contributed by atoms with Gasteiger partial charge in [0.15, 0.2) is 9.84 Å². The number of nitrogens with one attached hydrogen (secondary N) is 1. The second kappa shape index (κ2) is 6.37. The molecule has 1 aromatic carbocycles. The Hall–Kier alpha value is -2.35. The molecule has 1 N–H and O–H groups in total. The number of fused-ring (bicyclic) bond motifs is 2. The molecule has 2 aliphatic rings. The summed E-state index contributed by atoms with van der Waals surface area (Å²) in [5.41, 5.74) is 1.31. The number of aromatic nitrogens is 1. The molecule has 2 aromatic rings. The van der Waals surface area contributed by atoms with Crippen LogP contribution in [0.1, 0.15) is 24.3 Å². The van der Waals surface area contributed by atoms with Crippen LogP contribution in [0, 0.1) is 5.92 Å². The van der Waals surface area contributed by atoms with E-state index in [1.165, 1.54) is 0 Å². The third kappa shape index (κ3) is 3.12. The second-order valence-corrected chi connectivity index (χ2v) is 9.82. The van der Waals surface area contributed by atoms with Crippen molar-refractivity contribution in [1.29, 1.82) is 0 Å². The minimum atomic E-state index is -3.29. The van der Waals surface area contributed by atoms with Crippen LogP contribution < -0.4 is 0 Å². The minimum absolute atomic E-state index is 0.0557. The maximum Gasteiger partial charge on any atom is 0.270 e. The van der Waals surface area contributed by atoms with Gasteiger partial charge >= 0.3 is 0 Å². The fourth-order valence-corrected chi connectivity index (χ4v) is 6.13. The van der Waals surface area contributed by atoms with Crippen LogP contribution in [0.2, 0.25) is 0 Å². The SMILES string of the molecule is CC(C)C(=O)N1CCN(C(=O)c2cc3ccccc3[nH]2)[C@H]2CS(=O)(=O)C[C@H]21. The lowest BCUT2D eigenvalue weighted by Gasteiger charge is -2.44. The Morgan fingerprint density at radius 3 is 2.37 bits per heavy atom. The molecular weight excluding hydrogens is 366 g/mol. The molecule has 0 saturated carbocycles. The molecule has 2 atom stereocenters. The summed E-state index contributed by atoms with van der Waals surface area (Å²) in [4.78, 5) is 32.1. The molecule has 8 heteroatoms. The van der Waals surface area contributed by atoms with E-state index in [0.717, 1.165) is 10.9 Å². The van der Waals surface area contributed by atoms with E-state index in [9.17, 15) is 18.0 Å². The predicted molar refractivity (Wildman–Crippen MR) is 102 cm³/mol. The van der Waals surface area contributed by atoms with E-state index in [2.05, 4.69) is 4.98 Å². The number of rotatable bonds is 2. The zero-order valence-corrected chi connectivity index (χ0v) is 16.2. The van der Waals surface area contributed by atoms with Crippen molar-refractivity contribution in [3.63, 3.8) is 0 Å². The van der Waals surface area contributed by atoms with Gasteiger partial charge in [-0.3, -0.25) is 9.59 Å². The molecule has 0 spiro atoms. The van der Waals surface area contributed by atoms with Crippen LogP contribution in [0.4, 0.5) is 0 Å². The summed E-state index contributed by atoms with van der Waals surface area (Å²) in [6, 6.07) is 8.45. The summed E-state index contributed by atoms with van der Waals surface area (Å²) in [7, 11) is -3.29. The summed E-state index contributed by atoms with van der Waals surface area (Å²) in [5, 5.41) is 0.935. The maximum absolute atomic E-state index is 13.1. The van der Waals surface area contributed by atoms with Crippen molar-refractivity contribution < 1.29 is 18.0 Å². The van der Waals surface area contributed by atoms with Crippen molar-refractivity contribution in [2.45, 2.75) is 25.9 Å². The van der Waals surface area contributed by atoms with E-state index in [1.807, 2.05) is 38.1 Å². The first-order valence-corrected chi connectivity index (χ1v) is 11.0. The van der Waals surface area contributed by atoms with Crippen LogP contribution in [0.3, 0.4) is 0 Å². The van der Waals surface area contributed by atoms with Crippen molar-refractivity contribution in [2.24, 2.45) is 5.92 Å². The standard InChI is InChI=1S/C19H23N3O4S/c1-12(2)18(23)21-7-8-22(17-11-27(25,26)10-16(17)21)19(24)15-9-13-5-3-4-6-14(13)20-15/h3-6,9,12,16-17,20H,7-8,10-11H2,1-2H3/t16-,17+/m1/s1. The van der Waals surface area contributed by atoms with Crippen molar-refractivity contribution in [3.05, 3.63) is 36.0 Å². The first kappa shape index (κ1) is 18.0. The molecule has 27 heavy (non-hydrogen) atoms. The number of benzene rings is 1. The number of hydrogen-bond donors (Lipinski definition) is 1. The lowest BCUT2D eigenvalue weighted by molar-refractivity contribution is -0.139. The summed E-state index contributed by atoms with van der Waals surface area (Å²) in [6.07, 6.45) is 0. The van der Waals surface area contributed by atoms with Gasteiger partial charge in [0.05, 0.1) is 23.6 Å². The molecule has 0 radical (unpaired) electrons. The number of hydrogen-bond acceptors (Lipinski definition) is 4. The highest BCUT2D eigenvalue weighted by molar-refractivity contribution is 7.91. The first-order valence-electron chi connectivity index (χ1n) is 9.16. The molecule has 2 fully saturated rings. The number of aromatic amines is 1. The molecule has 1 aromatic heterocycles. The van der Waals surface area contributed by atoms with Gasteiger partial charge < -0.3 is 14.8 Å².